The first-order chi connectivity index (χ1) is 6.60. The molecule has 4 nitrogen and oxygen atoms in total. The zero-order chi connectivity index (χ0) is 10.7. The Bertz CT molecular complexity index is 201. The Morgan fingerprint density at radius 1 is 1.36 bits per heavy atom. The van der Waals surface area contributed by atoms with Gasteiger partial charge in [0.05, 0.1) is 23.2 Å². The van der Waals surface area contributed by atoms with E-state index in [2.05, 4.69) is 4.90 Å². The lowest BCUT2D eigenvalue weighted by atomic mass is 10.3. The van der Waals surface area contributed by atoms with E-state index in [0.29, 0.717) is 4.99 Å². The molecule has 0 bridgehead atoms. The quantitative estimate of drug-likeness (QED) is 0.673. The second-order valence-electron chi connectivity index (χ2n) is 3.58. The van der Waals surface area contributed by atoms with Gasteiger partial charge in [0.15, 0.2) is 0 Å². The summed E-state index contributed by atoms with van der Waals surface area (Å²) in [7, 11) is 3.40. The van der Waals surface area contributed by atoms with Crippen LogP contribution in [0.1, 0.15) is 6.92 Å². The van der Waals surface area contributed by atoms with E-state index in [1.807, 2.05) is 6.92 Å². The van der Waals surface area contributed by atoms with Crippen LogP contribution in [0.15, 0.2) is 0 Å². The van der Waals surface area contributed by atoms with Crippen molar-refractivity contribution in [2.24, 2.45) is 5.73 Å². The molecule has 0 aromatic heterocycles. The van der Waals surface area contributed by atoms with Gasteiger partial charge >= 0.3 is 0 Å². The third kappa shape index (κ3) is 2.42. The lowest BCUT2D eigenvalue weighted by Crippen LogP contribution is -2.41. The molecule has 3 unspecified atom stereocenters. The zero-order valence-electron chi connectivity index (χ0n) is 8.90. The summed E-state index contributed by atoms with van der Waals surface area (Å²) in [5, 5.41) is 0. The van der Waals surface area contributed by atoms with E-state index in [0.717, 1.165) is 13.1 Å². The summed E-state index contributed by atoms with van der Waals surface area (Å²) in [6.07, 6.45) is 0.244. The van der Waals surface area contributed by atoms with Crippen LogP contribution in [0.5, 0.6) is 0 Å². The summed E-state index contributed by atoms with van der Waals surface area (Å²) in [5.41, 5.74) is 5.60. The molecule has 1 aliphatic heterocycles. The van der Waals surface area contributed by atoms with E-state index in [1.165, 1.54) is 0 Å². The molecule has 1 aliphatic rings. The van der Waals surface area contributed by atoms with Crippen molar-refractivity contribution >= 4 is 17.2 Å². The fraction of sp³-hybridized carbons (Fsp3) is 0.889. The molecule has 0 aromatic carbocycles. The normalized spacial score (nSPS) is 30.5. The number of nitrogens with zero attached hydrogens (tertiary/aromatic N) is 1. The molecule has 2 N–H and O–H groups in total. The highest BCUT2D eigenvalue weighted by Gasteiger charge is 2.35. The maximum atomic E-state index is 5.60. The van der Waals surface area contributed by atoms with Crippen molar-refractivity contribution in [3.05, 3.63) is 0 Å². The fourth-order valence-electron chi connectivity index (χ4n) is 1.72. The minimum atomic E-state index is 0.114. The van der Waals surface area contributed by atoms with Gasteiger partial charge in [-0.25, -0.2) is 0 Å². The topological polar surface area (TPSA) is 47.7 Å². The minimum Gasteiger partial charge on any atom is -0.392 e. The average Bonchev–Trinajstić information content (AvgIpc) is 2.59. The van der Waals surface area contributed by atoms with E-state index in [9.17, 15) is 0 Å². The summed E-state index contributed by atoms with van der Waals surface area (Å²) in [4.78, 5) is 2.71. The highest BCUT2D eigenvalue weighted by molar-refractivity contribution is 7.80. The highest BCUT2D eigenvalue weighted by atomic mass is 32.1. The number of methoxy groups -OCH3 is 2. The largest absolute Gasteiger partial charge is 0.392 e. The van der Waals surface area contributed by atoms with Gasteiger partial charge in [-0.2, -0.15) is 0 Å². The van der Waals surface area contributed by atoms with Gasteiger partial charge in [-0.3, -0.25) is 4.90 Å². The Kier molecular flexibility index (Phi) is 4.25. The SMILES string of the molecule is COC1CN(C(C)C(N)=S)CC1OC. The minimum absolute atomic E-state index is 0.114. The molecule has 0 saturated carbocycles. The van der Waals surface area contributed by atoms with Gasteiger partial charge in [0.1, 0.15) is 0 Å². The Hall–Kier alpha value is -0.230. The second-order valence-corrected chi connectivity index (χ2v) is 4.05. The van der Waals surface area contributed by atoms with Crippen molar-refractivity contribution < 1.29 is 9.47 Å². The van der Waals surface area contributed by atoms with Crippen molar-refractivity contribution in [1.82, 2.24) is 4.90 Å². The van der Waals surface area contributed by atoms with Gasteiger partial charge < -0.3 is 15.2 Å². The fourth-order valence-corrected chi connectivity index (χ4v) is 1.87. The van der Waals surface area contributed by atoms with Gasteiger partial charge in [-0.1, -0.05) is 12.2 Å². The highest BCUT2D eigenvalue weighted by Crippen LogP contribution is 2.18. The Morgan fingerprint density at radius 2 is 1.79 bits per heavy atom. The van der Waals surface area contributed by atoms with Crippen molar-refractivity contribution in [2.45, 2.75) is 25.2 Å². The maximum Gasteiger partial charge on any atom is 0.0972 e. The predicted octanol–water partition coefficient (Wildman–Crippen LogP) is 0.00660. The monoisotopic (exact) mass is 218 g/mol. The molecule has 0 aliphatic carbocycles. The lowest BCUT2D eigenvalue weighted by Gasteiger charge is -2.22. The van der Waals surface area contributed by atoms with Gasteiger partial charge in [-0.05, 0) is 6.92 Å². The first-order valence-corrected chi connectivity index (χ1v) is 5.10. The smallest absolute Gasteiger partial charge is 0.0972 e. The van der Waals surface area contributed by atoms with Crippen LogP contribution in [-0.2, 0) is 9.47 Å². The van der Waals surface area contributed by atoms with Crippen molar-refractivity contribution in [3.8, 4) is 0 Å². The molecule has 0 aromatic rings. The van der Waals surface area contributed by atoms with E-state index in [4.69, 9.17) is 27.4 Å². The third-order valence-corrected chi connectivity index (χ3v) is 3.15. The standard InChI is InChI=1S/C9H18N2O2S/c1-6(9(10)14)11-4-7(12-2)8(5-11)13-3/h6-8H,4-5H2,1-3H3,(H2,10,14). The molecule has 1 fully saturated rings. The molecule has 82 valence electrons. The van der Waals surface area contributed by atoms with E-state index >= 15 is 0 Å². The van der Waals surface area contributed by atoms with Crippen molar-refractivity contribution in [2.75, 3.05) is 27.3 Å². The number of nitrogens with two attached hydrogens (primary N) is 1. The van der Waals surface area contributed by atoms with E-state index in [1.54, 1.807) is 14.2 Å². The van der Waals surface area contributed by atoms with Crippen LogP contribution < -0.4 is 5.73 Å². The molecule has 0 radical (unpaired) electrons. The Balaban J connectivity index is 2.56. The number of thiocarbonyl (C=S) groups is 1. The summed E-state index contributed by atoms with van der Waals surface area (Å²) < 4.78 is 10.6. The molecule has 1 heterocycles. The number of ether oxygens (including phenoxy) is 2. The predicted molar refractivity (Wildman–Crippen MR) is 59.4 cm³/mol. The van der Waals surface area contributed by atoms with Gasteiger partial charge in [0.2, 0.25) is 0 Å². The van der Waals surface area contributed by atoms with Crippen molar-refractivity contribution in [3.63, 3.8) is 0 Å². The summed E-state index contributed by atoms with van der Waals surface area (Å²) >= 11 is 4.96. The summed E-state index contributed by atoms with van der Waals surface area (Å²) in [6, 6.07) is 0.114. The van der Waals surface area contributed by atoms with Crippen molar-refractivity contribution in [1.29, 1.82) is 0 Å². The Morgan fingerprint density at radius 3 is 2.07 bits per heavy atom. The van der Waals surface area contributed by atoms with Gasteiger partial charge in [0, 0.05) is 27.3 Å². The summed E-state index contributed by atoms with van der Waals surface area (Å²) in [5.74, 6) is 0. The lowest BCUT2D eigenvalue weighted by molar-refractivity contribution is -0.00461. The molecule has 0 spiro atoms. The van der Waals surface area contributed by atoms with Crippen LogP contribution in [0, 0.1) is 0 Å². The van der Waals surface area contributed by atoms with Gasteiger partial charge in [-0.15, -0.1) is 0 Å². The summed E-state index contributed by atoms with van der Waals surface area (Å²) in [6.45, 7) is 3.66. The first kappa shape index (κ1) is 11.8. The second kappa shape index (κ2) is 5.02. The molecule has 14 heavy (non-hydrogen) atoms. The Labute approximate surface area is 90.3 Å². The molecule has 3 atom stereocenters. The molecule has 1 rings (SSSR count). The molecule has 5 heteroatoms. The first-order valence-electron chi connectivity index (χ1n) is 4.69. The third-order valence-electron chi connectivity index (χ3n) is 2.81. The van der Waals surface area contributed by atoms with E-state index < -0.39 is 0 Å². The van der Waals surface area contributed by atoms with Crippen LogP contribution in [0.25, 0.3) is 0 Å². The van der Waals surface area contributed by atoms with Crippen LogP contribution in [0.2, 0.25) is 0 Å². The van der Waals surface area contributed by atoms with Gasteiger partial charge in [0.25, 0.3) is 0 Å². The number of hydrogen-bond acceptors (Lipinski definition) is 4. The molecule has 1 saturated heterocycles. The van der Waals surface area contributed by atoms with Crippen LogP contribution in [-0.4, -0.2) is 55.4 Å². The molecule has 0 amide bonds. The zero-order valence-corrected chi connectivity index (χ0v) is 9.71. The maximum absolute atomic E-state index is 5.60. The number of rotatable bonds is 4. The van der Waals surface area contributed by atoms with Crippen LogP contribution >= 0.6 is 12.2 Å². The van der Waals surface area contributed by atoms with Crippen LogP contribution in [0.4, 0.5) is 0 Å². The van der Waals surface area contributed by atoms with Crippen LogP contribution in [0.3, 0.4) is 0 Å². The number of likely N-dealkylation sites (tertiary alicyclic amines) is 1. The molecular formula is C9H18N2O2S. The number of hydrogen-bond donors (Lipinski definition) is 1. The van der Waals surface area contributed by atoms with E-state index in [-0.39, 0.29) is 18.2 Å². The molecular weight excluding hydrogens is 200 g/mol. The average molecular weight is 218 g/mol.